The summed E-state index contributed by atoms with van der Waals surface area (Å²) in [6.07, 6.45) is 3.37. The van der Waals surface area contributed by atoms with Gasteiger partial charge in [0.25, 0.3) is 0 Å². The maximum atomic E-state index is 13.5. The van der Waals surface area contributed by atoms with Gasteiger partial charge in [-0.2, -0.15) is 14.7 Å². The second-order valence-electron chi connectivity index (χ2n) is 3.99. The Labute approximate surface area is 118 Å². The van der Waals surface area contributed by atoms with Crippen molar-refractivity contribution in [2.75, 3.05) is 11.5 Å². The Kier molecular flexibility index (Phi) is 3.92. The highest BCUT2D eigenvalue weighted by Crippen LogP contribution is 2.29. The van der Waals surface area contributed by atoms with E-state index < -0.39 is 5.82 Å². The van der Waals surface area contributed by atoms with E-state index in [2.05, 4.69) is 10.1 Å². The number of fused-ring (bicyclic) bond motifs is 1. The number of hydrogen-bond donors (Lipinski definition) is 2. The van der Waals surface area contributed by atoms with Gasteiger partial charge in [-0.15, -0.1) is 0 Å². The molecule has 2 heterocycles. The number of rotatable bonds is 1. The van der Waals surface area contributed by atoms with Crippen molar-refractivity contribution in [2.45, 2.75) is 0 Å². The third kappa shape index (κ3) is 2.70. The number of benzene rings is 1. The third-order valence-corrected chi connectivity index (χ3v) is 2.79. The average molecular weight is 287 g/mol. The molecule has 7 nitrogen and oxygen atoms in total. The highest BCUT2D eigenvalue weighted by atomic mass is 19.1. The number of anilines is 2. The number of carbonyl (C=O) groups excluding carboxylic acids is 2. The summed E-state index contributed by atoms with van der Waals surface area (Å²) in [6.45, 7) is 0. The zero-order valence-electron chi connectivity index (χ0n) is 10.7. The molecule has 8 heteroatoms. The van der Waals surface area contributed by atoms with Gasteiger partial charge in [0.2, 0.25) is 0 Å². The van der Waals surface area contributed by atoms with Crippen LogP contribution in [0.3, 0.4) is 0 Å². The SMILES string of the molecule is Nc1ccc(-c2ccn3ncnc(N)c23)cc1F.O=C=O. The van der Waals surface area contributed by atoms with Crippen LogP contribution in [-0.2, 0) is 9.59 Å². The number of nitrogens with two attached hydrogens (primary N) is 2. The number of nitrogen functional groups attached to an aromatic ring is 2. The van der Waals surface area contributed by atoms with Gasteiger partial charge in [-0.05, 0) is 23.8 Å². The van der Waals surface area contributed by atoms with Gasteiger partial charge in [0.15, 0.2) is 5.82 Å². The molecule has 0 aliphatic heterocycles. The number of nitrogens with zero attached hydrogens (tertiary/aromatic N) is 3. The first kappa shape index (κ1) is 14.2. The van der Waals surface area contributed by atoms with Gasteiger partial charge < -0.3 is 11.5 Å². The fraction of sp³-hybridized carbons (Fsp3) is 0. The summed E-state index contributed by atoms with van der Waals surface area (Å²) in [5, 5.41) is 4.04. The topological polar surface area (TPSA) is 116 Å². The highest BCUT2D eigenvalue weighted by molar-refractivity contribution is 5.87. The molecular formula is C13H10FN5O2. The van der Waals surface area contributed by atoms with E-state index in [1.54, 1.807) is 16.8 Å². The van der Waals surface area contributed by atoms with Gasteiger partial charge >= 0.3 is 6.15 Å². The molecule has 0 radical (unpaired) electrons. The van der Waals surface area contributed by atoms with Crippen molar-refractivity contribution < 1.29 is 14.0 Å². The fourth-order valence-corrected chi connectivity index (χ4v) is 1.91. The van der Waals surface area contributed by atoms with E-state index in [0.29, 0.717) is 16.9 Å². The maximum Gasteiger partial charge on any atom is 0.373 e. The monoisotopic (exact) mass is 287 g/mol. The molecule has 0 saturated heterocycles. The molecule has 0 fully saturated rings. The van der Waals surface area contributed by atoms with E-state index in [9.17, 15) is 4.39 Å². The lowest BCUT2D eigenvalue weighted by molar-refractivity contribution is -0.191. The molecule has 0 aliphatic carbocycles. The van der Waals surface area contributed by atoms with Crippen LogP contribution in [0.1, 0.15) is 0 Å². The molecule has 0 spiro atoms. The van der Waals surface area contributed by atoms with Gasteiger partial charge in [-0.3, -0.25) is 0 Å². The molecule has 3 aromatic rings. The van der Waals surface area contributed by atoms with Crippen molar-refractivity contribution in [2.24, 2.45) is 0 Å². The zero-order chi connectivity index (χ0) is 15.4. The number of halogens is 1. The summed E-state index contributed by atoms with van der Waals surface area (Å²) in [4.78, 5) is 20.2. The molecule has 0 atom stereocenters. The molecule has 0 bridgehead atoms. The van der Waals surface area contributed by atoms with Crippen molar-refractivity contribution in [3.8, 4) is 11.1 Å². The van der Waals surface area contributed by atoms with Crippen molar-refractivity contribution in [1.82, 2.24) is 14.6 Å². The predicted octanol–water partition coefficient (Wildman–Crippen LogP) is 1.12. The normalized spacial score (nSPS) is 9.76. The van der Waals surface area contributed by atoms with Crippen LogP contribution in [0.15, 0.2) is 36.8 Å². The van der Waals surface area contributed by atoms with Crippen LogP contribution in [0.5, 0.6) is 0 Å². The minimum Gasteiger partial charge on any atom is -0.396 e. The van der Waals surface area contributed by atoms with E-state index in [1.165, 1.54) is 18.5 Å². The van der Waals surface area contributed by atoms with E-state index in [-0.39, 0.29) is 11.8 Å². The van der Waals surface area contributed by atoms with Crippen LogP contribution in [0, 0.1) is 5.82 Å². The summed E-state index contributed by atoms with van der Waals surface area (Å²) in [7, 11) is 0. The van der Waals surface area contributed by atoms with E-state index in [0.717, 1.165) is 5.56 Å². The van der Waals surface area contributed by atoms with Crippen molar-refractivity contribution in [1.29, 1.82) is 0 Å². The second kappa shape index (κ2) is 5.81. The zero-order valence-corrected chi connectivity index (χ0v) is 10.7. The summed E-state index contributed by atoms with van der Waals surface area (Å²) < 4.78 is 15.1. The van der Waals surface area contributed by atoms with Crippen molar-refractivity contribution in [3.05, 3.63) is 42.6 Å². The summed E-state index contributed by atoms with van der Waals surface area (Å²) in [5.41, 5.74) is 13.5. The first-order chi connectivity index (χ1) is 10.1. The van der Waals surface area contributed by atoms with Crippen LogP contribution in [0.2, 0.25) is 0 Å². The fourth-order valence-electron chi connectivity index (χ4n) is 1.91. The Morgan fingerprint density at radius 2 is 1.90 bits per heavy atom. The first-order valence-electron chi connectivity index (χ1n) is 5.71. The Bertz CT molecular complexity index is 825. The maximum absolute atomic E-state index is 13.5. The lowest BCUT2D eigenvalue weighted by atomic mass is 10.1. The van der Waals surface area contributed by atoms with E-state index in [1.807, 2.05) is 6.07 Å². The van der Waals surface area contributed by atoms with Crippen LogP contribution in [0.4, 0.5) is 15.9 Å². The van der Waals surface area contributed by atoms with Crippen LogP contribution in [0.25, 0.3) is 16.6 Å². The molecule has 0 saturated carbocycles. The lowest BCUT2D eigenvalue weighted by Crippen LogP contribution is -1.98. The average Bonchev–Trinajstić information content (AvgIpc) is 2.88. The molecule has 21 heavy (non-hydrogen) atoms. The minimum atomic E-state index is -0.456. The lowest BCUT2D eigenvalue weighted by Gasteiger charge is -2.04. The number of aromatic nitrogens is 3. The molecular weight excluding hydrogens is 277 g/mol. The molecule has 2 aromatic heterocycles. The Hall–Kier alpha value is -3.25. The van der Waals surface area contributed by atoms with Crippen LogP contribution >= 0.6 is 0 Å². The molecule has 4 N–H and O–H groups in total. The van der Waals surface area contributed by atoms with Crippen LogP contribution in [-0.4, -0.2) is 20.7 Å². The van der Waals surface area contributed by atoms with Crippen LogP contribution < -0.4 is 11.5 Å². The van der Waals surface area contributed by atoms with Crippen molar-refractivity contribution in [3.63, 3.8) is 0 Å². The third-order valence-electron chi connectivity index (χ3n) is 2.79. The minimum absolute atomic E-state index is 0.117. The summed E-state index contributed by atoms with van der Waals surface area (Å²) in [5.74, 6) is -0.107. The smallest absolute Gasteiger partial charge is 0.373 e. The molecule has 0 aliphatic rings. The predicted molar refractivity (Wildman–Crippen MR) is 72.2 cm³/mol. The summed E-state index contributed by atoms with van der Waals surface area (Å²) in [6, 6.07) is 6.44. The van der Waals surface area contributed by atoms with Gasteiger partial charge in [0, 0.05) is 11.8 Å². The quantitative estimate of drug-likeness (QED) is 0.648. The number of hydrogen-bond acceptors (Lipinski definition) is 6. The molecule has 3 rings (SSSR count). The Morgan fingerprint density at radius 1 is 1.19 bits per heavy atom. The summed E-state index contributed by atoms with van der Waals surface area (Å²) >= 11 is 0. The van der Waals surface area contributed by atoms with Gasteiger partial charge in [-0.25, -0.2) is 13.9 Å². The molecule has 106 valence electrons. The molecule has 0 unspecified atom stereocenters. The standard InChI is InChI=1S/C12H10FN5.CO2/c13-9-5-7(1-2-10(9)14)8-3-4-18-11(8)12(15)16-6-17-18;2-1-3/h1-6H,14H2,(H2,15,16,17);. The molecule has 1 aromatic carbocycles. The second-order valence-corrected chi connectivity index (χ2v) is 3.99. The Balaban J connectivity index is 0.000000497. The molecule has 0 amide bonds. The Morgan fingerprint density at radius 3 is 2.57 bits per heavy atom. The van der Waals surface area contributed by atoms with Gasteiger partial charge in [0.1, 0.15) is 17.7 Å². The van der Waals surface area contributed by atoms with E-state index in [4.69, 9.17) is 21.1 Å². The van der Waals surface area contributed by atoms with Gasteiger partial charge in [0.05, 0.1) is 5.69 Å². The van der Waals surface area contributed by atoms with E-state index >= 15 is 0 Å². The van der Waals surface area contributed by atoms with Gasteiger partial charge in [-0.1, -0.05) is 6.07 Å². The first-order valence-corrected chi connectivity index (χ1v) is 5.71. The van der Waals surface area contributed by atoms with Crippen molar-refractivity contribution >= 4 is 23.2 Å². The largest absolute Gasteiger partial charge is 0.396 e. The highest BCUT2D eigenvalue weighted by Gasteiger charge is 2.11.